The summed E-state index contributed by atoms with van der Waals surface area (Å²) >= 11 is 1.59. The van der Waals surface area contributed by atoms with Crippen LogP contribution in [0.15, 0.2) is 0 Å². The first kappa shape index (κ1) is 14.8. The summed E-state index contributed by atoms with van der Waals surface area (Å²) in [7, 11) is -1.21. The molecule has 17 heavy (non-hydrogen) atoms. The van der Waals surface area contributed by atoms with Crippen molar-refractivity contribution in [2.75, 3.05) is 24.3 Å². The van der Waals surface area contributed by atoms with Crippen molar-refractivity contribution in [3.05, 3.63) is 0 Å². The Morgan fingerprint density at radius 1 is 1.41 bits per heavy atom. The van der Waals surface area contributed by atoms with Crippen molar-refractivity contribution in [3.63, 3.8) is 0 Å². The number of nitrogens with zero attached hydrogens (tertiary/aromatic N) is 1. The highest BCUT2D eigenvalue weighted by Crippen LogP contribution is 2.24. The van der Waals surface area contributed by atoms with Crippen LogP contribution in [0, 0.1) is 0 Å². The molecule has 0 radical (unpaired) electrons. The molecule has 0 aliphatic carbocycles. The van der Waals surface area contributed by atoms with E-state index in [-0.39, 0.29) is 28.2 Å². The molecule has 0 aromatic rings. The van der Waals surface area contributed by atoms with E-state index in [1.54, 1.807) is 23.7 Å². The van der Waals surface area contributed by atoms with Crippen LogP contribution in [0.3, 0.4) is 0 Å². The van der Waals surface area contributed by atoms with Crippen molar-refractivity contribution in [2.45, 2.75) is 38.0 Å². The second-order valence-corrected chi connectivity index (χ2v) is 9.49. The van der Waals surface area contributed by atoms with E-state index in [0.29, 0.717) is 12.2 Å². The number of hydrogen-bond donors (Lipinski definition) is 0. The number of rotatable bonds is 3. The molecule has 0 aromatic carbocycles. The molecule has 0 spiro atoms. The van der Waals surface area contributed by atoms with Crippen LogP contribution in [0.4, 0.5) is 0 Å². The lowest BCUT2D eigenvalue weighted by Crippen LogP contribution is -2.39. The Labute approximate surface area is 108 Å². The van der Waals surface area contributed by atoms with Gasteiger partial charge in [-0.05, 0) is 6.42 Å². The highest BCUT2D eigenvalue weighted by molar-refractivity contribution is 8.01. The summed E-state index contributed by atoms with van der Waals surface area (Å²) in [6.07, 6.45) is 0.574. The Hall–Kier alpha value is -0.230. The Morgan fingerprint density at radius 2 is 2.00 bits per heavy atom. The Balaban J connectivity index is 2.48. The van der Waals surface area contributed by atoms with Gasteiger partial charge in [0.25, 0.3) is 0 Å². The van der Waals surface area contributed by atoms with Crippen LogP contribution in [0.1, 0.15) is 27.2 Å². The number of amides is 1. The molecule has 0 saturated carbocycles. The Bertz CT molecular complexity index is 384. The maximum absolute atomic E-state index is 11.9. The monoisotopic (exact) mass is 279 g/mol. The molecule has 1 saturated heterocycles. The summed E-state index contributed by atoms with van der Waals surface area (Å²) in [6, 6.07) is -0.131. The number of sulfone groups is 1. The van der Waals surface area contributed by atoms with Gasteiger partial charge in [-0.15, -0.1) is 11.8 Å². The largest absolute Gasteiger partial charge is 0.341 e. The van der Waals surface area contributed by atoms with Gasteiger partial charge in [-0.25, -0.2) is 8.42 Å². The molecule has 1 aliphatic rings. The molecule has 1 rings (SSSR count). The fraction of sp³-hybridized carbons (Fsp3) is 0.909. The normalized spacial score (nSPS) is 23.6. The average Bonchev–Trinajstić information content (AvgIpc) is 2.53. The summed E-state index contributed by atoms with van der Waals surface area (Å²) in [5.41, 5.74) is 0. The molecule has 0 aromatic heterocycles. The van der Waals surface area contributed by atoms with E-state index in [0.717, 1.165) is 0 Å². The van der Waals surface area contributed by atoms with E-state index in [4.69, 9.17) is 0 Å². The minimum Gasteiger partial charge on any atom is -0.341 e. The summed E-state index contributed by atoms with van der Waals surface area (Å²) in [6.45, 7) is 6.18. The third kappa shape index (κ3) is 4.87. The van der Waals surface area contributed by atoms with Gasteiger partial charge in [0.05, 0.1) is 17.3 Å². The average molecular weight is 279 g/mol. The maximum Gasteiger partial charge on any atom is 0.232 e. The molecular weight excluding hydrogens is 258 g/mol. The van der Waals surface area contributed by atoms with Gasteiger partial charge in [-0.2, -0.15) is 0 Å². The first-order valence-electron chi connectivity index (χ1n) is 5.71. The van der Waals surface area contributed by atoms with Crippen molar-refractivity contribution in [2.24, 2.45) is 0 Å². The minimum atomic E-state index is -2.92. The highest BCUT2D eigenvalue weighted by Gasteiger charge is 2.32. The van der Waals surface area contributed by atoms with E-state index in [9.17, 15) is 13.2 Å². The molecule has 1 unspecified atom stereocenters. The van der Waals surface area contributed by atoms with Crippen LogP contribution in [0.2, 0.25) is 0 Å². The van der Waals surface area contributed by atoms with Crippen LogP contribution in [-0.4, -0.2) is 54.3 Å². The van der Waals surface area contributed by atoms with E-state index in [1.807, 2.05) is 0 Å². The second-order valence-electron chi connectivity index (χ2n) is 5.46. The van der Waals surface area contributed by atoms with E-state index in [1.165, 1.54) is 0 Å². The zero-order chi connectivity index (χ0) is 13.3. The van der Waals surface area contributed by atoms with Crippen LogP contribution in [0.25, 0.3) is 0 Å². The van der Waals surface area contributed by atoms with Crippen molar-refractivity contribution in [1.82, 2.24) is 4.90 Å². The van der Waals surface area contributed by atoms with Crippen molar-refractivity contribution >= 4 is 27.5 Å². The second kappa shape index (κ2) is 5.18. The molecule has 100 valence electrons. The zero-order valence-corrected chi connectivity index (χ0v) is 12.5. The lowest BCUT2D eigenvalue weighted by atomic mass is 10.2. The zero-order valence-electron chi connectivity index (χ0n) is 10.9. The fourth-order valence-corrected chi connectivity index (χ4v) is 4.20. The fourth-order valence-electron chi connectivity index (χ4n) is 1.66. The van der Waals surface area contributed by atoms with Gasteiger partial charge in [0, 0.05) is 17.8 Å². The van der Waals surface area contributed by atoms with E-state index >= 15 is 0 Å². The van der Waals surface area contributed by atoms with Gasteiger partial charge in [0.2, 0.25) is 5.91 Å². The molecular formula is C11H21NO3S2. The lowest BCUT2D eigenvalue weighted by Gasteiger charge is -2.25. The van der Waals surface area contributed by atoms with Crippen molar-refractivity contribution < 1.29 is 13.2 Å². The number of carbonyl (C=O) groups is 1. The van der Waals surface area contributed by atoms with Crippen LogP contribution >= 0.6 is 11.8 Å². The van der Waals surface area contributed by atoms with Gasteiger partial charge in [-0.3, -0.25) is 4.79 Å². The highest BCUT2D eigenvalue weighted by atomic mass is 32.2. The molecule has 0 N–H and O–H groups in total. The van der Waals surface area contributed by atoms with Crippen LogP contribution < -0.4 is 0 Å². The molecule has 1 fully saturated rings. The first-order chi connectivity index (χ1) is 7.61. The quantitative estimate of drug-likeness (QED) is 0.778. The van der Waals surface area contributed by atoms with Gasteiger partial charge in [0.1, 0.15) is 0 Å². The van der Waals surface area contributed by atoms with E-state index in [2.05, 4.69) is 20.8 Å². The number of carbonyl (C=O) groups excluding carboxylic acids is 1. The van der Waals surface area contributed by atoms with Gasteiger partial charge >= 0.3 is 0 Å². The number of thioether (sulfide) groups is 1. The summed E-state index contributed by atoms with van der Waals surface area (Å²) in [5.74, 6) is 0.764. The van der Waals surface area contributed by atoms with Gasteiger partial charge < -0.3 is 4.90 Å². The lowest BCUT2D eigenvalue weighted by molar-refractivity contribution is -0.128. The molecule has 0 bridgehead atoms. The first-order valence-corrected chi connectivity index (χ1v) is 8.51. The van der Waals surface area contributed by atoms with E-state index < -0.39 is 9.84 Å². The molecule has 1 aliphatic heterocycles. The molecule has 1 heterocycles. The predicted molar refractivity (Wildman–Crippen MR) is 72.0 cm³/mol. The summed E-state index contributed by atoms with van der Waals surface area (Å²) in [5, 5.41) is 0. The van der Waals surface area contributed by atoms with Crippen molar-refractivity contribution in [3.8, 4) is 0 Å². The van der Waals surface area contributed by atoms with Crippen molar-refractivity contribution in [1.29, 1.82) is 0 Å². The Kier molecular flexibility index (Phi) is 4.52. The van der Waals surface area contributed by atoms with Crippen LogP contribution in [0.5, 0.6) is 0 Å². The molecule has 1 amide bonds. The third-order valence-corrected chi connectivity index (χ3v) is 5.79. The van der Waals surface area contributed by atoms with Crippen LogP contribution in [-0.2, 0) is 14.6 Å². The number of hydrogen-bond acceptors (Lipinski definition) is 4. The summed E-state index contributed by atoms with van der Waals surface area (Å²) in [4.78, 5) is 13.5. The molecule has 1 atom stereocenters. The predicted octanol–water partition coefficient (Wildman–Crippen LogP) is 1.16. The Morgan fingerprint density at radius 3 is 2.41 bits per heavy atom. The maximum atomic E-state index is 11.9. The molecule has 6 heteroatoms. The SMILES string of the molecule is CN(C(=O)CSC(C)(C)C)C1CCS(=O)(=O)C1. The topological polar surface area (TPSA) is 54.5 Å². The van der Waals surface area contributed by atoms with Gasteiger partial charge in [-0.1, -0.05) is 20.8 Å². The summed E-state index contributed by atoms with van der Waals surface area (Å²) < 4.78 is 22.7. The van der Waals surface area contributed by atoms with Gasteiger partial charge in [0.15, 0.2) is 9.84 Å². The smallest absolute Gasteiger partial charge is 0.232 e. The third-order valence-electron chi connectivity index (χ3n) is 2.78. The molecule has 4 nitrogen and oxygen atoms in total. The minimum absolute atomic E-state index is 0.0204. The standard InChI is InChI=1S/C11H21NO3S2/c1-11(2,3)16-7-10(13)12(4)9-5-6-17(14,15)8-9/h9H,5-8H2,1-4H3.